The highest BCUT2D eigenvalue weighted by Crippen LogP contribution is 2.20. The molecule has 0 aliphatic carbocycles. The van der Waals surface area contributed by atoms with E-state index in [1.807, 2.05) is 6.92 Å². The van der Waals surface area contributed by atoms with Gasteiger partial charge in [0.1, 0.15) is 17.2 Å². The van der Waals surface area contributed by atoms with Gasteiger partial charge in [0.15, 0.2) is 0 Å². The van der Waals surface area contributed by atoms with E-state index in [9.17, 15) is 14.0 Å². The van der Waals surface area contributed by atoms with Crippen LogP contribution >= 0.6 is 11.6 Å². The molecule has 0 spiro atoms. The average molecular weight is 384 g/mol. The minimum Gasteiger partial charge on any atom is -0.321 e. The summed E-state index contributed by atoms with van der Waals surface area (Å²) < 4.78 is 13.7. The van der Waals surface area contributed by atoms with Gasteiger partial charge in [0, 0.05) is 10.7 Å². The predicted molar refractivity (Wildman–Crippen MR) is 103 cm³/mol. The van der Waals surface area contributed by atoms with Crippen molar-refractivity contribution in [1.29, 1.82) is 0 Å². The summed E-state index contributed by atoms with van der Waals surface area (Å²) in [7, 11) is 0. The van der Waals surface area contributed by atoms with Gasteiger partial charge in [-0.05, 0) is 48.9 Å². The lowest BCUT2D eigenvalue weighted by molar-refractivity contribution is 0.101. The molecule has 5 nitrogen and oxygen atoms in total. The Kier molecular flexibility index (Phi) is 5.47. The fraction of sp³-hybridized carbons (Fsp3) is 0.0500. The number of carbonyl (C=O) groups is 2. The van der Waals surface area contributed by atoms with Crippen molar-refractivity contribution in [1.82, 2.24) is 4.98 Å². The molecule has 0 saturated heterocycles. The number of rotatable bonds is 4. The molecule has 7 heteroatoms. The molecule has 0 saturated carbocycles. The highest BCUT2D eigenvalue weighted by molar-refractivity contribution is 6.31. The van der Waals surface area contributed by atoms with Crippen molar-refractivity contribution in [2.24, 2.45) is 0 Å². The third-order valence-corrected chi connectivity index (χ3v) is 4.17. The first-order valence-electron chi connectivity index (χ1n) is 8.04. The van der Waals surface area contributed by atoms with Gasteiger partial charge in [0.25, 0.3) is 11.8 Å². The van der Waals surface area contributed by atoms with E-state index >= 15 is 0 Å². The number of para-hydroxylation sites is 1. The molecule has 0 atom stereocenters. The predicted octanol–water partition coefficient (Wildman–Crippen LogP) is 4.69. The number of anilines is 2. The van der Waals surface area contributed by atoms with E-state index in [0.717, 1.165) is 5.56 Å². The number of nitrogens with one attached hydrogen (secondary N) is 2. The van der Waals surface area contributed by atoms with Crippen molar-refractivity contribution >= 4 is 34.8 Å². The smallest absolute Gasteiger partial charge is 0.274 e. The third kappa shape index (κ3) is 4.48. The molecule has 1 heterocycles. The Balaban J connectivity index is 1.76. The van der Waals surface area contributed by atoms with Crippen LogP contribution in [-0.2, 0) is 0 Å². The Bertz CT molecular complexity index is 1020. The lowest BCUT2D eigenvalue weighted by Gasteiger charge is -2.08. The lowest BCUT2D eigenvalue weighted by atomic mass is 10.2. The average Bonchev–Trinajstić information content (AvgIpc) is 2.66. The molecule has 3 aromatic rings. The van der Waals surface area contributed by atoms with Gasteiger partial charge in [-0.2, -0.15) is 0 Å². The van der Waals surface area contributed by atoms with E-state index in [-0.39, 0.29) is 17.1 Å². The second-order valence-corrected chi connectivity index (χ2v) is 6.17. The quantitative estimate of drug-likeness (QED) is 0.686. The molecule has 0 aliphatic heterocycles. The van der Waals surface area contributed by atoms with E-state index in [2.05, 4.69) is 15.6 Å². The SMILES string of the molecule is Cc1ccc(NC(=O)c2cccc(C(=O)Nc3ccccc3F)n2)cc1Cl. The van der Waals surface area contributed by atoms with Gasteiger partial charge in [-0.15, -0.1) is 0 Å². The van der Waals surface area contributed by atoms with Crippen LogP contribution in [0.5, 0.6) is 0 Å². The number of carbonyl (C=O) groups excluding carboxylic acids is 2. The highest BCUT2D eigenvalue weighted by atomic mass is 35.5. The van der Waals surface area contributed by atoms with Gasteiger partial charge in [0.05, 0.1) is 5.69 Å². The second-order valence-electron chi connectivity index (χ2n) is 5.76. The first-order chi connectivity index (χ1) is 12.9. The fourth-order valence-corrected chi connectivity index (χ4v) is 2.48. The first kappa shape index (κ1) is 18.5. The summed E-state index contributed by atoms with van der Waals surface area (Å²) in [6, 6.07) is 15.4. The topological polar surface area (TPSA) is 71.1 Å². The summed E-state index contributed by atoms with van der Waals surface area (Å²) >= 11 is 6.05. The van der Waals surface area contributed by atoms with Crippen molar-refractivity contribution in [2.75, 3.05) is 10.6 Å². The number of hydrogen-bond acceptors (Lipinski definition) is 3. The number of halogens is 2. The van der Waals surface area contributed by atoms with Gasteiger partial charge in [-0.3, -0.25) is 9.59 Å². The number of aryl methyl sites for hydroxylation is 1. The number of hydrogen-bond donors (Lipinski definition) is 2. The van der Waals surface area contributed by atoms with Gasteiger partial charge in [-0.25, -0.2) is 9.37 Å². The maximum atomic E-state index is 13.7. The maximum Gasteiger partial charge on any atom is 0.274 e. The van der Waals surface area contributed by atoms with E-state index in [1.165, 1.54) is 36.4 Å². The molecule has 2 N–H and O–H groups in total. The van der Waals surface area contributed by atoms with Crippen LogP contribution in [0.15, 0.2) is 60.7 Å². The number of aromatic nitrogens is 1. The summed E-state index contributed by atoms with van der Waals surface area (Å²) in [6.07, 6.45) is 0. The lowest BCUT2D eigenvalue weighted by Crippen LogP contribution is -2.19. The summed E-state index contributed by atoms with van der Waals surface area (Å²) in [6.45, 7) is 1.85. The van der Waals surface area contributed by atoms with Crippen LogP contribution in [0.1, 0.15) is 26.5 Å². The Morgan fingerprint density at radius 2 is 1.59 bits per heavy atom. The molecule has 1 aromatic heterocycles. The Labute approximate surface area is 160 Å². The maximum absolute atomic E-state index is 13.7. The summed E-state index contributed by atoms with van der Waals surface area (Å²) in [4.78, 5) is 28.7. The molecule has 27 heavy (non-hydrogen) atoms. The minimum absolute atomic E-state index is 0.00663. The fourth-order valence-electron chi connectivity index (χ4n) is 2.30. The number of amides is 2. The van der Waals surface area contributed by atoms with E-state index in [4.69, 9.17) is 11.6 Å². The zero-order valence-electron chi connectivity index (χ0n) is 14.3. The monoisotopic (exact) mass is 383 g/mol. The molecule has 136 valence electrons. The van der Waals surface area contributed by atoms with Gasteiger partial charge < -0.3 is 10.6 Å². The largest absolute Gasteiger partial charge is 0.321 e. The van der Waals surface area contributed by atoms with Crippen LogP contribution < -0.4 is 10.6 Å². The standard InChI is InChI=1S/C20H15ClFN3O2/c1-12-9-10-13(11-14(12)21)23-19(26)17-7-4-8-18(24-17)20(27)25-16-6-3-2-5-15(16)22/h2-11H,1H3,(H,23,26)(H,25,27). The van der Waals surface area contributed by atoms with Crippen LogP contribution in [0.4, 0.5) is 15.8 Å². The van der Waals surface area contributed by atoms with Gasteiger partial charge in [0.2, 0.25) is 0 Å². The van der Waals surface area contributed by atoms with Crippen LogP contribution in [0.2, 0.25) is 5.02 Å². The molecular weight excluding hydrogens is 369 g/mol. The van der Waals surface area contributed by atoms with E-state index in [0.29, 0.717) is 10.7 Å². The van der Waals surface area contributed by atoms with Crippen molar-refractivity contribution in [2.45, 2.75) is 6.92 Å². The van der Waals surface area contributed by atoms with Crippen molar-refractivity contribution < 1.29 is 14.0 Å². The number of benzene rings is 2. The number of nitrogens with zero attached hydrogens (tertiary/aromatic N) is 1. The zero-order valence-corrected chi connectivity index (χ0v) is 15.0. The molecule has 3 rings (SSSR count). The molecule has 0 radical (unpaired) electrons. The summed E-state index contributed by atoms with van der Waals surface area (Å²) in [5, 5.41) is 5.63. The van der Waals surface area contributed by atoms with Crippen molar-refractivity contribution in [3.05, 3.63) is 88.5 Å². The second kappa shape index (κ2) is 7.97. The highest BCUT2D eigenvalue weighted by Gasteiger charge is 2.14. The molecule has 2 aromatic carbocycles. The molecule has 0 unspecified atom stereocenters. The molecule has 0 fully saturated rings. The molecule has 0 bridgehead atoms. The molecule has 2 amide bonds. The van der Waals surface area contributed by atoms with Crippen LogP contribution in [0.25, 0.3) is 0 Å². The minimum atomic E-state index is -0.617. The van der Waals surface area contributed by atoms with Crippen LogP contribution in [0, 0.1) is 12.7 Å². The van der Waals surface area contributed by atoms with Crippen molar-refractivity contribution in [3.8, 4) is 0 Å². The third-order valence-electron chi connectivity index (χ3n) is 3.77. The first-order valence-corrected chi connectivity index (χ1v) is 8.42. The van der Waals surface area contributed by atoms with E-state index < -0.39 is 17.6 Å². The Hall–Kier alpha value is -3.25. The molecule has 0 aliphatic rings. The van der Waals surface area contributed by atoms with Gasteiger partial charge >= 0.3 is 0 Å². The Morgan fingerprint density at radius 1 is 0.926 bits per heavy atom. The number of pyridine rings is 1. The normalized spacial score (nSPS) is 10.3. The van der Waals surface area contributed by atoms with E-state index in [1.54, 1.807) is 24.3 Å². The summed E-state index contributed by atoms with van der Waals surface area (Å²) in [5.74, 6) is -1.67. The Morgan fingerprint density at radius 3 is 2.26 bits per heavy atom. The summed E-state index contributed by atoms with van der Waals surface area (Å²) in [5.41, 5.74) is 1.48. The zero-order chi connectivity index (χ0) is 19.4. The molecular formula is C20H15ClFN3O2. The van der Waals surface area contributed by atoms with Gasteiger partial charge in [-0.1, -0.05) is 35.9 Å². The van der Waals surface area contributed by atoms with Crippen LogP contribution in [-0.4, -0.2) is 16.8 Å². The van der Waals surface area contributed by atoms with Crippen LogP contribution in [0.3, 0.4) is 0 Å². The van der Waals surface area contributed by atoms with Crippen molar-refractivity contribution in [3.63, 3.8) is 0 Å².